The number of nitrogens with one attached hydrogen (secondary N) is 3. The van der Waals surface area contributed by atoms with Gasteiger partial charge in [0.1, 0.15) is 5.82 Å². The van der Waals surface area contributed by atoms with E-state index in [0.717, 1.165) is 12.3 Å². The number of aromatic nitrogens is 3. The largest absolute Gasteiger partial charge is 0.368 e. The lowest BCUT2D eigenvalue weighted by Gasteiger charge is -2.12. The summed E-state index contributed by atoms with van der Waals surface area (Å²) in [7, 11) is -3.52. The van der Waals surface area contributed by atoms with E-state index in [0.29, 0.717) is 5.69 Å². The lowest BCUT2D eigenvalue weighted by atomic mass is 10.0. The quantitative estimate of drug-likeness (QED) is 0.489. The van der Waals surface area contributed by atoms with Gasteiger partial charge in [-0.25, -0.2) is 17.9 Å². The number of nitrogens with zero attached hydrogens (tertiary/aromatic N) is 2. The van der Waals surface area contributed by atoms with E-state index < -0.39 is 15.8 Å². The Bertz CT molecular complexity index is 1100. The van der Waals surface area contributed by atoms with Gasteiger partial charge in [0, 0.05) is 16.8 Å². The van der Waals surface area contributed by atoms with Gasteiger partial charge in [0.25, 0.3) is 0 Å². The van der Waals surface area contributed by atoms with E-state index in [1.165, 1.54) is 24.3 Å². The Labute approximate surface area is 163 Å². The van der Waals surface area contributed by atoms with Crippen LogP contribution >= 0.6 is 23.2 Å². The summed E-state index contributed by atoms with van der Waals surface area (Å²) >= 11 is 12.6. The fourth-order valence-corrected chi connectivity index (χ4v) is 3.60. The van der Waals surface area contributed by atoms with Crippen LogP contribution in [0.1, 0.15) is 0 Å². The summed E-state index contributed by atoms with van der Waals surface area (Å²) in [6.07, 6.45) is 0.972. The second-order valence-electron chi connectivity index (χ2n) is 5.55. The first-order valence-electron chi connectivity index (χ1n) is 7.34. The highest BCUT2D eigenvalue weighted by atomic mass is 35.5. The Balaban J connectivity index is 1.95. The molecule has 8 nitrogen and oxygen atoms in total. The van der Waals surface area contributed by atoms with E-state index in [9.17, 15) is 12.8 Å². The molecule has 0 saturated carbocycles. The van der Waals surface area contributed by atoms with Crippen molar-refractivity contribution in [2.24, 2.45) is 0 Å². The maximum atomic E-state index is 14.5. The third kappa shape index (κ3) is 4.59. The maximum Gasteiger partial charge on any atom is 0.248 e. The zero-order chi connectivity index (χ0) is 19.8. The first-order valence-corrected chi connectivity index (χ1v) is 9.99. The third-order valence-corrected chi connectivity index (χ3v) is 4.55. The molecule has 2 aromatic carbocycles. The van der Waals surface area contributed by atoms with Crippen molar-refractivity contribution < 1.29 is 12.8 Å². The van der Waals surface area contributed by atoms with Gasteiger partial charge < -0.3 is 11.1 Å². The molecular weight excluding hydrogens is 418 g/mol. The number of nitrogen functional groups attached to an aromatic ring is 1. The molecule has 5 N–H and O–H groups in total. The molecular formula is C15H13Cl2FN6O2S. The molecule has 0 bridgehead atoms. The number of sulfonamides is 1. The van der Waals surface area contributed by atoms with Crippen molar-refractivity contribution in [1.82, 2.24) is 15.2 Å². The van der Waals surface area contributed by atoms with E-state index in [1.807, 2.05) is 0 Å². The molecule has 0 radical (unpaired) electrons. The van der Waals surface area contributed by atoms with E-state index in [2.05, 4.69) is 25.2 Å². The number of halogens is 3. The van der Waals surface area contributed by atoms with Crippen LogP contribution in [0, 0.1) is 5.82 Å². The molecule has 12 heteroatoms. The van der Waals surface area contributed by atoms with Crippen LogP contribution in [0.15, 0.2) is 30.3 Å². The summed E-state index contributed by atoms with van der Waals surface area (Å²) in [6.45, 7) is 0. The molecule has 0 aliphatic carbocycles. The summed E-state index contributed by atoms with van der Waals surface area (Å²) in [5.74, 6) is -0.333. The number of hydrogen-bond acceptors (Lipinski definition) is 6. The molecule has 3 aromatic rings. The second kappa shape index (κ2) is 7.22. The molecule has 142 valence electrons. The van der Waals surface area contributed by atoms with Gasteiger partial charge >= 0.3 is 0 Å². The Morgan fingerprint density at radius 2 is 1.81 bits per heavy atom. The van der Waals surface area contributed by atoms with E-state index in [1.54, 1.807) is 0 Å². The number of aromatic amines is 1. The molecule has 27 heavy (non-hydrogen) atoms. The lowest BCUT2D eigenvalue weighted by Crippen LogP contribution is -2.09. The molecule has 0 aliphatic heterocycles. The summed E-state index contributed by atoms with van der Waals surface area (Å²) in [4.78, 5) is 3.90. The molecule has 1 aromatic heterocycles. The molecule has 0 unspecified atom stereocenters. The maximum absolute atomic E-state index is 14.5. The summed E-state index contributed by atoms with van der Waals surface area (Å²) in [6, 6.07) is 6.90. The van der Waals surface area contributed by atoms with Gasteiger partial charge in [0.05, 0.1) is 22.0 Å². The van der Waals surface area contributed by atoms with Crippen molar-refractivity contribution in [3.05, 3.63) is 46.2 Å². The fourth-order valence-electron chi connectivity index (χ4n) is 2.36. The van der Waals surface area contributed by atoms with Crippen molar-refractivity contribution in [3.8, 4) is 11.1 Å². The fraction of sp³-hybridized carbons (Fsp3) is 0.0667. The van der Waals surface area contributed by atoms with Gasteiger partial charge in [0.15, 0.2) is 0 Å². The minimum atomic E-state index is -3.52. The van der Waals surface area contributed by atoms with Crippen molar-refractivity contribution in [2.75, 3.05) is 22.0 Å². The Morgan fingerprint density at radius 1 is 1.15 bits per heavy atom. The van der Waals surface area contributed by atoms with Gasteiger partial charge in [-0.15, -0.1) is 5.10 Å². The molecule has 0 spiro atoms. The highest BCUT2D eigenvalue weighted by Crippen LogP contribution is 2.39. The molecule has 0 fully saturated rings. The Kier molecular flexibility index (Phi) is 5.13. The molecule has 0 atom stereocenters. The van der Waals surface area contributed by atoms with Crippen LogP contribution in [0.5, 0.6) is 0 Å². The molecule has 1 heterocycles. The third-order valence-electron chi connectivity index (χ3n) is 3.34. The summed E-state index contributed by atoms with van der Waals surface area (Å²) in [5, 5.41) is 9.52. The van der Waals surface area contributed by atoms with Crippen LogP contribution < -0.4 is 15.8 Å². The van der Waals surface area contributed by atoms with Crippen LogP contribution in [0.4, 0.5) is 27.7 Å². The number of anilines is 4. The number of hydrogen-bond donors (Lipinski definition) is 4. The summed E-state index contributed by atoms with van der Waals surface area (Å²) in [5.41, 5.74) is 6.41. The molecule has 0 saturated heterocycles. The first-order chi connectivity index (χ1) is 12.6. The summed E-state index contributed by atoms with van der Waals surface area (Å²) < 4.78 is 39.2. The van der Waals surface area contributed by atoms with Crippen LogP contribution in [0.25, 0.3) is 11.1 Å². The molecule has 3 rings (SSSR count). The number of rotatable bonds is 5. The van der Waals surface area contributed by atoms with E-state index in [-0.39, 0.29) is 38.8 Å². The minimum Gasteiger partial charge on any atom is -0.368 e. The monoisotopic (exact) mass is 430 g/mol. The predicted molar refractivity (Wildman–Crippen MR) is 104 cm³/mol. The van der Waals surface area contributed by atoms with Crippen LogP contribution in [-0.4, -0.2) is 29.9 Å². The topological polar surface area (TPSA) is 126 Å². The average Bonchev–Trinajstić information content (AvgIpc) is 2.92. The van der Waals surface area contributed by atoms with Gasteiger partial charge in [-0.05, 0) is 30.3 Å². The predicted octanol–water partition coefficient (Wildman–Crippen LogP) is 3.61. The number of nitrogens with two attached hydrogens (primary N) is 1. The van der Waals surface area contributed by atoms with Crippen LogP contribution in [0.3, 0.4) is 0 Å². The van der Waals surface area contributed by atoms with Gasteiger partial charge in [-0.2, -0.15) is 4.98 Å². The van der Waals surface area contributed by atoms with Crippen LogP contribution in [-0.2, 0) is 10.0 Å². The normalized spacial score (nSPS) is 11.4. The van der Waals surface area contributed by atoms with E-state index in [4.69, 9.17) is 28.9 Å². The zero-order valence-electron chi connectivity index (χ0n) is 13.7. The van der Waals surface area contributed by atoms with Crippen molar-refractivity contribution in [3.63, 3.8) is 0 Å². The first kappa shape index (κ1) is 19.2. The molecule has 0 aliphatic rings. The van der Waals surface area contributed by atoms with Crippen molar-refractivity contribution in [2.45, 2.75) is 0 Å². The van der Waals surface area contributed by atoms with Crippen molar-refractivity contribution in [1.29, 1.82) is 0 Å². The van der Waals surface area contributed by atoms with Gasteiger partial charge in [-0.1, -0.05) is 23.2 Å². The SMILES string of the molecule is CS(=O)(=O)Nc1ccc(-c2c(Cl)cc(Nc3n[nH]c(N)n3)cc2Cl)c(F)c1. The smallest absolute Gasteiger partial charge is 0.248 e. The lowest BCUT2D eigenvalue weighted by molar-refractivity contribution is 0.606. The zero-order valence-corrected chi connectivity index (χ0v) is 16.0. The average molecular weight is 431 g/mol. The van der Waals surface area contributed by atoms with Crippen LogP contribution in [0.2, 0.25) is 10.0 Å². The van der Waals surface area contributed by atoms with E-state index >= 15 is 0 Å². The highest BCUT2D eigenvalue weighted by molar-refractivity contribution is 7.92. The van der Waals surface area contributed by atoms with Gasteiger partial charge in [-0.3, -0.25) is 4.72 Å². The number of H-pyrrole nitrogens is 1. The number of benzene rings is 2. The minimum absolute atomic E-state index is 0.0893. The van der Waals surface area contributed by atoms with Crippen molar-refractivity contribution >= 4 is 56.5 Å². The second-order valence-corrected chi connectivity index (χ2v) is 8.12. The highest BCUT2D eigenvalue weighted by Gasteiger charge is 2.16. The Hall–Kier alpha value is -2.56. The Morgan fingerprint density at radius 3 is 2.33 bits per heavy atom. The molecule has 0 amide bonds. The standard InChI is InChI=1S/C15H13Cl2FN6O2S/c1-27(25,26)24-7-2-3-9(12(18)6-7)13-10(16)4-8(5-11(13)17)20-15-21-14(19)22-23-15/h2-6,24H,1H3,(H4,19,20,21,22,23). The van der Waals surface area contributed by atoms with Gasteiger partial charge in [0.2, 0.25) is 21.9 Å².